The molecule has 4 nitrogen and oxygen atoms in total. The summed E-state index contributed by atoms with van der Waals surface area (Å²) in [6.45, 7) is 10.4. The Balaban J connectivity index is 2.28. The van der Waals surface area contributed by atoms with Crippen molar-refractivity contribution in [3.63, 3.8) is 0 Å². The lowest BCUT2D eigenvalue weighted by molar-refractivity contribution is 0.354. The van der Waals surface area contributed by atoms with E-state index in [1.165, 1.54) is 12.8 Å². The summed E-state index contributed by atoms with van der Waals surface area (Å²) in [5, 5.41) is 10.2. The van der Waals surface area contributed by atoms with E-state index in [-0.39, 0.29) is 11.5 Å². The van der Waals surface area contributed by atoms with Gasteiger partial charge in [-0.2, -0.15) is 10.2 Å². The van der Waals surface area contributed by atoms with Crippen molar-refractivity contribution in [1.82, 2.24) is 9.78 Å². The summed E-state index contributed by atoms with van der Waals surface area (Å²) in [6.07, 6.45) is 7.66. The van der Waals surface area contributed by atoms with Crippen LogP contribution >= 0.6 is 0 Å². The Labute approximate surface area is 125 Å². The van der Waals surface area contributed by atoms with Crippen LogP contribution < -0.4 is 5.14 Å². The molecule has 2 atom stereocenters. The van der Waals surface area contributed by atoms with Gasteiger partial charge in [-0.3, -0.25) is 4.68 Å². The monoisotopic (exact) mass is 297 g/mol. The van der Waals surface area contributed by atoms with Gasteiger partial charge in [0.2, 0.25) is 0 Å². The van der Waals surface area contributed by atoms with Crippen LogP contribution in [0.2, 0.25) is 0 Å². The summed E-state index contributed by atoms with van der Waals surface area (Å²) in [5.41, 5.74) is 1.13. The molecule has 2 N–H and O–H groups in total. The van der Waals surface area contributed by atoms with Gasteiger partial charge in [0.05, 0.1) is 11.7 Å². The average molecular weight is 297 g/mol. The first kappa shape index (κ1) is 15.9. The third-order valence-electron chi connectivity index (χ3n) is 4.32. The van der Waals surface area contributed by atoms with Crippen LogP contribution in [0.3, 0.4) is 0 Å². The zero-order valence-corrected chi connectivity index (χ0v) is 14.0. The summed E-state index contributed by atoms with van der Waals surface area (Å²) < 4.78 is 13.5. The van der Waals surface area contributed by atoms with Gasteiger partial charge in [-0.25, -0.2) is 0 Å². The Bertz CT molecular complexity index is 458. The molecule has 0 spiro atoms. The molecule has 2 rings (SSSR count). The molecule has 0 saturated heterocycles. The van der Waals surface area contributed by atoms with E-state index in [0.717, 1.165) is 17.9 Å². The van der Waals surface area contributed by atoms with E-state index in [2.05, 4.69) is 32.1 Å². The van der Waals surface area contributed by atoms with Gasteiger partial charge in [0.15, 0.2) is 0 Å². The zero-order chi connectivity index (χ0) is 15.1. The van der Waals surface area contributed by atoms with Gasteiger partial charge in [-0.1, -0.05) is 12.8 Å². The van der Waals surface area contributed by atoms with E-state index in [1.807, 2.05) is 24.7 Å². The largest absolute Gasteiger partial charge is 0.598 e. The molecule has 1 aromatic heterocycles. The summed E-state index contributed by atoms with van der Waals surface area (Å²) in [6, 6.07) is 0. The minimum absolute atomic E-state index is 0.0333. The first-order chi connectivity index (χ1) is 9.12. The van der Waals surface area contributed by atoms with Gasteiger partial charge in [-0.15, -0.1) is 0 Å². The van der Waals surface area contributed by atoms with E-state index in [0.29, 0.717) is 0 Å². The highest BCUT2D eigenvalue weighted by atomic mass is 32.2. The molecule has 0 radical (unpaired) electrons. The van der Waals surface area contributed by atoms with Crippen LogP contribution in [0.25, 0.3) is 0 Å². The molecule has 1 aliphatic rings. The SMILES string of the molecule is CC(C)(C)n1cc(C(CC2CC2)C(C)(C)[S+](N)[O-])cn1. The molecule has 0 bridgehead atoms. The molecule has 1 fully saturated rings. The maximum atomic E-state index is 11.9. The fourth-order valence-corrected chi connectivity index (χ4v) is 3.04. The number of aromatic nitrogens is 2. The number of nitrogens with zero attached hydrogens (tertiary/aromatic N) is 2. The van der Waals surface area contributed by atoms with E-state index in [9.17, 15) is 4.55 Å². The Kier molecular flexibility index (Phi) is 4.24. The molecule has 0 amide bonds. The van der Waals surface area contributed by atoms with E-state index >= 15 is 0 Å². The predicted octanol–water partition coefficient (Wildman–Crippen LogP) is 2.92. The quantitative estimate of drug-likeness (QED) is 0.850. The lowest BCUT2D eigenvalue weighted by atomic mass is 9.85. The standard InChI is InChI=1S/C15H27N3OS/c1-14(2,3)18-10-12(9-17-18)13(8-11-6-7-11)15(4,5)20(16)19/h9-11,13H,6-8,16H2,1-5H3. The lowest BCUT2D eigenvalue weighted by Gasteiger charge is -2.32. The molecule has 20 heavy (non-hydrogen) atoms. The molecule has 114 valence electrons. The number of hydrogen-bond acceptors (Lipinski definition) is 3. The highest BCUT2D eigenvalue weighted by Crippen LogP contribution is 2.45. The minimum Gasteiger partial charge on any atom is -0.598 e. The van der Waals surface area contributed by atoms with Crippen molar-refractivity contribution in [3.8, 4) is 0 Å². The molecule has 1 saturated carbocycles. The van der Waals surface area contributed by atoms with E-state index < -0.39 is 16.1 Å². The maximum absolute atomic E-state index is 11.9. The Morgan fingerprint density at radius 1 is 1.40 bits per heavy atom. The third-order valence-corrected chi connectivity index (χ3v) is 5.64. The average Bonchev–Trinajstić information content (AvgIpc) is 2.99. The van der Waals surface area contributed by atoms with Gasteiger partial charge < -0.3 is 4.55 Å². The predicted molar refractivity (Wildman–Crippen MR) is 83.7 cm³/mol. The van der Waals surface area contributed by atoms with Gasteiger partial charge >= 0.3 is 0 Å². The molecule has 1 aromatic rings. The fraction of sp³-hybridized carbons (Fsp3) is 0.800. The number of nitrogens with two attached hydrogens (primary N) is 1. The Hall–Kier alpha value is -0.520. The minimum atomic E-state index is -1.34. The van der Waals surface area contributed by atoms with Gasteiger partial charge in [0, 0.05) is 23.5 Å². The number of hydrogen-bond donors (Lipinski definition) is 1. The van der Waals surface area contributed by atoms with Crippen molar-refractivity contribution in [2.75, 3.05) is 0 Å². The van der Waals surface area contributed by atoms with Crippen molar-refractivity contribution in [2.24, 2.45) is 11.1 Å². The van der Waals surface area contributed by atoms with Crippen LogP contribution in [0.1, 0.15) is 65.4 Å². The van der Waals surface area contributed by atoms with Crippen molar-refractivity contribution < 1.29 is 4.55 Å². The summed E-state index contributed by atoms with van der Waals surface area (Å²) in [5.74, 6) is 0.970. The van der Waals surface area contributed by atoms with Gasteiger partial charge in [0.25, 0.3) is 0 Å². The van der Waals surface area contributed by atoms with Crippen LogP contribution in [0.15, 0.2) is 12.4 Å². The first-order valence-electron chi connectivity index (χ1n) is 7.33. The summed E-state index contributed by atoms with van der Waals surface area (Å²) in [7, 11) is 0. The molecule has 2 unspecified atom stereocenters. The van der Waals surface area contributed by atoms with Crippen LogP contribution in [0.5, 0.6) is 0 Å². The molecule has 0 aliphatic heterocycles. The van der Waals surface area contributed by atoms with Crippen LogP contribution in [0.4, 0.5) is 0 Å². The summed E-state index contributed by atoms with van der Waals surface area (Å²) in [4.78, 5) is 0. The highest BCUT2D eigenvalue weighted by Gasteiger charge is 2.43. The maximum Gasteiger partial charge on any atom is 0.146 e. The second kappa shape index (κ2) is 5.35. The van der Waals surface area contributed by atoms with Crippen molar-refractivity contribution >= 4 is 11.4 Å². The first-order valence-corrected chi connectivity index (χ1v) is 8.55. The highest BCUT2D eigenvalue weighted by molar-refractivity contribution is 7.90. The smallest absolute Gasteiger partial charge is 0.146 e. The van der Waals surface area contributed by atoms with Crippen LogP contribution in [-0.2, 0) is 16.9 Å². The molecular weight excluding hydrogens is 270 g/mol. The van der Waals surface area contributed by atoms with Crippen molar-refractivity contribution in [2.45, 2.75) is 70.1 Å². The topological polar surface area (TPSA) is 66.9 Å². The van der Waals surface area contributed by atoms with Crippen LogP contribution in [-0.4, -0.2) is 19.1 Å². The van der Waals surface area contributed by atoms with Crippen molar-refractivity contribution in [3.05, 3.63) is 18.0 Å². The second-order valence-corrected chi connectivity index (χ2v) is 9.17. The molecular formula is C15H27N3OS. The van der Waals surface area contributed by atoms with Crippen molar-refractivity contribution in [1.29, 1.82) is 0 Å². The molecule has 1 heterocycles. The molecule has 0 aromatic carbocycles. The number of rotatable bonds is 5. The van der Waals surface area contributed by atoms with Crippen LogP contribution in [0, 0.1) is 5.92 Å². The summed E-state index contributed by atoms with van der Waals surface area (Å²) >= 11 is -1.34. The molecule has 1 aliphatic carbocycles. The Morgan fingerprint density at radius 3 is 2.40 bits per heavy atom. The third kappa shape index (κ3) is 3.38. The fourth-order valence-electron chi connectivity index (χ4n) is 2.53. The zero-order valence-electron chi connectivity index (χ0n) is 13.2. The molecule has 5 heteroatoms. The Morgan fingerprint density at radius 2 is 2.00 bits per heavy atom. The van der Waals surface area contributed by atoms with E-state index in [1.54, 1.807) is 0 Å². The lowest BCUT2D eigenvalue weighted by Crippen LogP contribution is -2.43. The van der Waals surface area contributed by atoms with Gasteiger partial charge in [-0.05, 0) is 52.5 Å². The normalized spacial score (nSPS) is 19.9. The van der Waals surface area contributed by atoms with E-state index in [4.69, 9.17) is 5.14 Å². The second-order valence-electron chi connectivity index (χ2n) is 7.52. The van der Waals surface area contributed by atoms with Gasteiger partial charge in [0.1, 0.15) is 4.75 Å².